The Bertz CT molecular complexity index is 631. The number of aromatic nitrogens is 3. The molecule has 3 rings (SSSR count). The van der Waals surface area contributed by atoms with Crippen molar-refractivity contribution in [2.24, 2.45) is 5.41 Å². The van der Waals surface area contributed by atoms with Gasteiger partial charge in [-0.1, -0.05) is 6.92 Å². The fraction of sp³-hybridized carbons (Fsp3) is 0.857. The number of aryl methyl sites for hydroxylation is 1. The third kappa shape index (κ3) is 3.84. The zero-order chi connectivity index (χ0) is 16.5. The molecule has 23 heavy (non-hydrogen) atoms. The van der Waals surface area contributed by atoms with Crippen molar-refractivity contribution in [1.29, 1.82) is 0 Å². The maximum atomic E-state index is 12.7. The van der Waals surface area contributed by atoms with Crippen LogP contribution in [-0.2, 0) is 14.8 Å². The molecule has 3 heterocycles. The number of sulfonamides is 1. The van der Waals surface area contributed by atoms with E-state index in [4.69, 9.17) is 4.74 Å². The van der Waals surface area contributed by atoms with Crippen LogP contribution in [0.3, 0.4) is 0 Å². The van der Waals surface area contributed by atoms with E-state index in [0.29, 0.717) is 45.3 Å². The minimum Gasteiger partial charge on any atom is -0.381 e. The van der Waals surface area contributed by atoms with Gasteiger partial charge >= 0.3 is 0 Å². The van der Waals surface area contributed by atoms with Crippen LogP contribution in [0.25, 0.3) is 0 Å². The standard InChI is InChI=1S/C14H25N5O3S/c1-12-15-13(17-16-12)18-5-7-19(8-6-18)23(20,21)11-14(2)3-9-22-10-4-14/h3-11H2,1-2H3,(H,15,16,17). The second-order valence-electron chi connectivity index (χ2n) is 6.79. The van der Waals surface area contributed by atoms with Gasteiger partial charge in [0.25, 0.3) is 0 Å². The Morgan fingerprint density at radius 1 is 1.22 bits per heavy atom. The molecule has 0 radical (unpaired) electrons. The van der Waals surface area contributed by atoms with Crippen molar-refractivity contribution in [2.45, 2.75) is 26.7 Å². The summed E-state index contributed by atoms with van der Waals surface area (Å²) in [7, 11) is -3.24. The van der Waals surface area contributed by atoms with Crippen molar-refractivity contribution >= 4 is 16.0 Å². The fourth-order valence-corrected chi connectivity index (χ4v) is 5.25. The van der Waals surface area contributed by atoms with E-state index in [2.05, 4.69) is 22.1 Å². The first kappa shape index (κ1) is 16.7. The summed E-state index contributed by atoms with van der Waals surface area (Å²) in [5.41, 5.74) is -0.172. The molecule has 0 bridgehead atoms. The summed E-state index contributed by atoms with van der Waals surface area (Å²) in [6.45, 7) is 7.44. The van der Waals surface area contributed by atoms with Crippen LogP contribution in [-0.4, -0.2) is 73.0 Å². The lowest BCUT2D eigenvalue weighted by molar-refractivity contribution is 0.0337. The topological polar surface area (TPSA) is 91.4 Å². The highest BCUT2D eigenvalue weighted by Crippen LogP contribution is 2.32. The molecule has 1 aromatic rings. The molecule has 0 amide bonds. The summed E-state index contributed by atoms with van der Waals surface area (Å²) >= 11 is 0. The van der Waals surface area contributed by atoms with Crippen molar-refractivity contribution in [1.82, 2.24) is 19.5 Å². The Balaban J connectivity index is 1.59. The predicted octanol–water partition coefficient (Wildman–Crippen LogP) is 0.382. The fourth-order valence-electron chi connectivity index (χ4n) is 3.18. The van der Waals surface area contributed by atoms with Crippen LogP contribution in [0.2, 0.25) is 0 Å². The number of ether oxygens (including phenoxy) is 1. The number of nitrogens with one attached hydrogen (secondary N) is 1. The van der Waals surface area contributed by atoms with Gasteiger partial charge < -0.3 is 9.64 Å². The van der Waals surface area contributed by atoms with Gasteiger partial charge in [0.05, 0.1) is 5.75 Å². The van der Waals surface area contributed by atoms with Crippen LogP contribution in [0.4, 0.5) is 5.95 Å². The van der Waals surface area contributed by atoms with Gasteiger partial charge in [-0.25, -0.2) is 8.42 Å². The van der Waals surface area contributed by atoms with Crippen LogP contribution in [0.15, 0.2) is 0 Å². The second kappa shape index (κ2) is 6.37. The molecule has 0 spiro atoms. The number of rotatable bonds is 4. The average Bonchev–Trinajstić information content (AvgIpc) is 2.94. The second-order valence-corrected chi connectivity index (χ2v) is 8.76. The van der Waals surface area contributed by atoms with Gasteiger partial charge in [0.15, 0.2) is 0 Å². The van der Waals surface area contributed by atoms with Gasteiger partial charge in [-0.3, -0.25) is 5.10 Å². The van der Waals surface area contributed by atoms with Crippen LogP contribution in [0, 0.1) is 12.3 Å². The summed E-state index contributed by atoms with van der Waals surface area (Å²) in [6.07, 6.45) is 1.62. The van der Waals surface area contributed by atoms with E-state index in [-0.39, 0.29) is 11.2 Å². The van der Waals surface area contributed by atoms with Crippen molar-refractivity contribution in [3.8, 4) is 0 Å². The van der Waals surface area contributed by atoms with E-state index in [1.807, 2.05) is 11.8 Å². The number of H-pyrrole nitrogens is 1. The monoisotopic (exact) mass is 343 g/mol. The number of aromatic amines is 1. The molecule has 2 fully saturated rings. The summed E-state index contributed by atoms with van der Waals surface area (Å²) in [5, 5.41) is 6.96. The van der Waals surface area contributed by atoms with Gasteiger partial charge in [0.2, 0.25) is 16.0 Å². The largest absolute Gasteiger partial charge is 0.381 e. The molecular formula is C14H25N5O3S. The maximum absolute atomic E-state index is 12.7. The van der Waals surface area contributed by atoms with E-state index < -0.39 is 10.0 Å². The Labute approximate surface area is 137 Å². The average molecular weight is 343 g/mol. The molecule has 2 aliphatic rings. The van der Waals surface area contributed by atoms with Crippen LogP contribution in [0.1, 0.15) is 25.6 Å². The molecule has 130 valence electrons. The van der Waals surface area contributed by atoms with E-state index in [1.54, 1.807) is 4.31 Å². The third-order valence-corrected chi connectivity index (χ3v) is 6.94. The van der Waals surface area contributed by atoms with Crippen molar-refractivity contribution < 1.29 is 13.2 Å². The van der Waals surface area contributed by atoms with Crippen LogP contribution >= 0.6 is 0 Å². The first-order valence-electron chi connectivity index (χ1n) is 8.08. The number of piperazine rings is 1. The first-order valence-corrected chi connectivity index (χ1v) is 9.68. The molecule has 1 N–H and O–H groups in total. The SMILES string of the molecule is Cc1nc(N2CCN(S(=O)(=O)CC3(C)CCOCC3)CC2)n[nH]1. The number of nitrogens with zero attached hydrogens (tertiary/aromatic N) is 4. The summed E-state index contributed by atoms with van der Waals surface area (Å²) < 4.78 is 32.4. The molecule has 9 heteroatoms. The highest BCUT2D eigenvalue weighted by Gasteiger charge is 2.37. The summed E-state index contributed by atoms with van der Waals surface area (Å²) in [4.78, 5) is 6.32. The van der Waals surface area contributed by atoms with Crippen LogP contribution < -0.4 is 4.90 Å². The first-order chi connectivity index (χ1) is 10.9. The third-order valence-electron chi connectivity index (χ3n) is 4.73. The zero-order valence-electron chi connectivity index (χ0n) is 13.8. The minimum atomic E-state index is -3.24. The number of hydrogen-bond donors (Lipinski definition) is 1. The summed E-state index contributed by atoms with van der Waals surface area (Å²) in [5.74, 6) is 1.63. The Hall–Kier alpha value is -1.19. The normalized spacial score (nSPS) is 23.1. The molecule has 0 aliphatic carbocycles. The van der Waals surface area contributed by atoms with Crippen LogP contribution in [0.5, 0.6) is 0 Å². The summed E-state index contributed by atoms with van der Waals surface area (Å²) in [6, 6.07) is 0. The molecule has 8 nitrogen and oxygen atoms in total. The Morgan fingerprint density at radius 3 is 2.43 bits per heavy atom. The van der Waals surface area contributed by atoms with Crippen molar-refractivity contribution in [3.63, 3.8) is 0 Å². The Morgan fingerprint density at radius 2 is 1.87 bits per heavy atom. The van der Waals surface area contributed by atoms with E-state index >= 15 is 0 Å². The number of anilines is 1. The van der Waals surface area contributed by atoms with Crippen molar-refractivity contribution in [3.05, 3.63) is 5.82 Å². The van der Waals surface area contributed by atoms with Gasteiger partial charge in [-0.15, -0.1) is 5.10 Å². The smallest absolute Gasteiger partial charge is 0.244 e. The predicted molar refractivity (Wildman–Crippen MR) is 86.9 cm³/mol. The van der Waals surface area contributed by atoms with E-state index in [0.717, 1.165) is 18.7 Å². The molecule has 2 aliphatic heterocycles. The molecule has 0 saturated carbocycles. The highest BCUT2D eigenvalue weighted by molar-refractivity contribution is 7.89. The Kier molecular flexibility index (Phi) is 4.61. The van der Waals surface area contributed by atoms with Crippen molar-refractivity contribution in [2.75, 3.05) is 50.0 Å². The molecule has 2 saturated heterocycles. The molecule has 0 atom stereocenters. The van der Waals surface area contributed by atoms with Gasteiger partial charge in [-0.2, -0.15) is 9.29 Å². The quantitative estimate of drug-likeness (QED) is 0.850. The highest BCUT2D eigenvalue weighted by atomic mass is 32.2. The maximum Gasteiger partial charge on any atom is 0.244 e. The minimum absolute atomic E-state index is 0.172. The molecular weight excluding hydrogens is 318 g/mol. The lowest BCUT2D eigenvalue weighted by Gasteiger charge is -2.38. The van der Waals surface area contributed by atoms with Gasteiger partial charge in [0, 0.05) is 39.4 Å². The molecule has 1 aromatic heterocycles. The molecule has 0 unspecified atom stereocenters. The molecule has 0 aromatic carbocycles. The van der Waals surface area contributed by atoms with Gasteiger partial charge in [0.1, 0.15) is 5.82 Å². The number of hydrogen-bond acceptors (Lipinski definition) is 6. The van der Waals surface area contributed by atoms with Gasteiger partial charge in [-0.05, 0) is 25.2 Å². The lowest BCUT2D eigenvalue weighted by atomic mass is 9.85. The lowest BCUT2D eigenvalue weighted by Crippen LogP contribution is -2.51. The van der Waals surface area contributed by atoms with E-state index in [9.17, 15) is 8.42 Å². The zero-order valence-corrected chi connectivity index (χ0v) is 14.6. The van der Waals surface area contributed by atoms with E-state index in [1.165, 1.54) is 0 Å².